The number of aromatic nitrogens is 3. The van der Waals surface area contributed by atoms with Gasteiger partial charge in [-0.1, -0.05) is 0 Å². The molecule has 178 valence electrons. The zero-order chi connectivity index (χ0) is 24.8. The smallest absolute Gasteiger partial charge is 0.274 e. The molecule has 0 bridgehead atoms. The van der Waals surface area contributed by atoms with Gasteiger partial charge in [-0.3, -0.25) is 9.59 Å². The van der Waals surface area contributed by atoms with Gasteiger partial charge in [-0.2, -0.15) is 0 Å². The number of amides is 1. The molecule has 4 aromatic heterocycles. The number of ether oxygens (including phenoxy) is 1. The molecule has 0 saturated heterocycles. The third-order valence-corrected chi connectivity index (χ3v) is 9.12. The number of aromatic amines is 1. The van der Waals surface area contributed by atoms with Gasteiger partial charge in [0.2, 0.25) is 5.88 Å². The Kier molecular flexibility index (Phi) is 6.27. The zero-order valence-electron chi connectivity index (χ0n) is 20.0. The Morgan fingerprint density at radius 2 is 2.00 bits per heavy atom. The average Bonchev–Trinajstić information content (AvgIpc) is 3.38. The summed E-state index contributed by atoms with van der Waals surface area (Å²) in [5.74, 6) is 0.668. The van der Waals surface area contributed by atoms with E-state index in [0.717, 1.165) is 11.1 Å². The Morgan fingerprint density at radius 3 is 2.65 bits per heavy atom. The molecular formula is C24H27N4O4PS. The van der Waals surface area contributed by atoms with Crippen LogP contribution in [0.4, 0.5) is 0 Å². The summed E-state index contributed by atoms with van der Waals surface area (Å²) in [4.78, 5) is 33.4. The SMILES string of the molecule is CCNC(=O)c1cc2c(-c3sc(P(C)(C)=O)cc3Oc3ncc(C)cc3C)cn(C)c(=O)c2[nH]1. The van der Waals surface area contributed by atoms with Gasteiger partial charge in [0.25, 0.3) is 11.5 Å². The number of fused-ring (bicyclic) bond motifs is 1. The lowest BCUT2D eigenvalue weighted by molar-refractivity contribution is 0.0951. The van der Waals surface area contributed by atoms with Crippen LogP contribution in [0.3, 0.4) is 0 Å². The molecule has 34 heavy (non-hydrogen) atoms. The highest BCUT2D eigenvalue weighted by atomic mass is 32.1. The molecule has 0 aliphatic rings. The predicted octanol–water partition coefficient (Wildman–Crippen LogP) is 4.40. The van der Waals surface area contributed by atoms with Gasteiger partial charge in [-0.15, -0.1) is 11.3 Å². The number of nitrogens with one attached hydrogen (secondary N) is 2. The lowest BCUT2D eigenvalue weighted by Crippen LogP contribution is -2.23. The molecule has 0 spiro atoms. The molecule has 0 saturated carbocycles. The topological polar surface area (TPSA) is 106 Å². The van der Waals surface area contributed by atoms with Crippen molar-refractivity contribution >= 4 is 39.9 Å². The van der Waals surface area contributed by atoms with Crippen molar-refractivity contribution in [2.75, 3.05) is 19.9 Å². The molecule has 0 radical (unpaired) electrons. The lowest BCUT2D eigenvalue weighted by Gasteiger charge is -2.10. The van der Waals surface area contributed by atoms with E-state index >= 15 is 0 Å². The summed E-state index contributed by atoms with van der Waals surface area (Å²) in [6.45, 7) is 9.60. The van der Waals surface area contributed by atoms with Crippen molar-refractivity contribution in [1.82, 2.24) is 19.9 Å². The number of pyridine rings is 2. The summed E-state index contributed by atoms with van der Waals surface area (Å²) >= 11 is 1.36. The molecule has 0 aliphatic carbocycles. The van der Waals surface area contributed by atoms with Crippen LogP contribution in [0.2, 0.25) is 0 Å². The molecule has 4 rings (SSSR count). The second-order valence-corrected chi connectivity index (χ2v) is 13.2. The van der Waals surface area contributed by atoms with Crippen LogP contribution in [0.5, 0.6) is 11.6 Å². The minimum atomic E-state index is -2.59. The van der Waals surface area contributed by atoms with E-state index in [0.29, 0.717) is 49.8 Å². The number of rotatable bonds is 6. The van der Waals surface area contributed by atoms with Crippen molar-refractivity contribution < 1.29 is 14.1 Å². The fourth-order valence-corrected chi connectivity index (χ4v) is 6.13. The quantitative estimate of drug-likeness (QED) is 0.384. The van der Waals surface area contributed by atoms with Crippen LogP contribution in [0.1, 0.15) is 28.5 Å². The largest absolute Gasteiger partial charge is 0.437 e. The highest BCUT2D eigenvalue weighted by Gasteiger charge is 2.24. The van der Waals surface area contributed by atoms with Gasteiger partial charge in [-0.25, -0.2) is 4.98 Å². The van der Waals surface area contributed by atoms with Gasteiger partial charge in [-0.05, 0) is 51.8 Å². The summed E-state index contributed by atoms with van der Waals surface area (Å²) in [5, 5.41) is 3.34. The first-order valence-electron chi connectivity index (χ1n) is 10.8. The van der Waals surface area contributed by atoms with E-state index in [4.69, 9.17) is 4.74 Å². The maximum absolute atomic E-state index is 13.0. The normalized spacial score (nSPS) is 11.7. The van der Waals surface area contributed by atoms with Crippen molar-refractivity contribution in [1.29, 1.82) is 0 Å². The Morgan fingerprint density at radius 1 is 1.26 bits per heavy atom. The van der Waals surface area contributed by atoms with Crippen LogP contribution in [0.15, 0.2) is 35.4 Å². The third kappa shape index (κ3) is 4.45. The van der Waals surface area contributed by atoms with Gasteiger partial charge in [0.05, 0.1) is 9.50 Å². The minimum absolute atomic E-state index is 0.249. The Labute approximate surface area is 201 Å². The van der Waals surface area contributed by atoms with Gasteiger partial charge < -0.3 is 24.2 Å². The van der Waals surface area contributed by atoms with Crippen LogP contribution in [-0.2, 0) is 11.6 Å². The molecule has 4 heterocycles. The fraction of sp³-hybridized carbons (Fsp3) is 0.292. The standard InChI is InChI=1S/C24H27N4O4PS/c1-7-25-22(29)17-9-15-16(12-28(4)24(30)20(15)27-17)21-18(10-19(34-21)33(5,6)31)32-23-14(3)8-13(2)11-26-23/h8-12,27H,7H2,1-6H3,(H,25,29). The van der Waals surface area contributed by atoms with Crippen LogP contribution < -0.4 is 20.2 Å². The van der Waals surface area contributed by atoms with Crippen molar-refractivity contribution in [3.8, 4) is 22.1 Å². The van der Waals surface area contributed by atoms with Crippen LogP contribution in [-0.4, -0.2) is 40.3 Å². The van der Waals surface area contributed by atoms with Crippen molar-refractivity contribution in [2.24, 2.45) is 7.05 Å². The van der Waals surface area contributed by atoms with E-state index in [1.54, 1.807) is 44.9 Å². The molecule has 4 aromatic rings. The Bertz CT molecular complexity index is 1530. The first-order valence-corrected chi connectivity index (χ1v) is 14.2. The van der Waals surface area contributed by atoms with Crippen LogP contribution in [0, 0.1) is 13.8 Å². The molecule has 0 aromatic carbocycles. The Hall–Kier alpha value is -3.16. The molecule has 0 unspecified atom stereocenters. The van der Waals surface area contributed by atoms with E-state index in [1.807, 2.05) is 26.8 Å². The maximum Gasteiger partial charge on any atom is 0.274 e. The average molecular weight is 499 g/mol. The Balaban J connectivity index is 1.96. The number of hydrogen-bond acceptors (Lipinski definition) is 6. The van der Waals surface area contributed by atoms with E-state index in [9.17, 15) is 14.2 Å². The zero-order valence-corrected chi connectivity index (χ0v) is 21.7. The van der Waals surface area contributed by atoms with Crippen LogP contribution in [0.25, 0.3) is 21.3 Å². The van der Waals surface area contributed by atoms with Gasteiger partial charge in [0, 0.05) is 48.6 Å². The summed E-state index contributed by atoms with van der Waals surface area (Å²) in [6.07, 6.45) is 3.45. The molecule has 2 N–H and O–H groups in total. The van der Waals surface area contributed by atoms with E-state index in [2.05, 4.69) is 15.3 Å². The highest BCUT2D eigenvalue weighted by Crippen LogP contribution is 2.47. The summed E-state index contributed by atoms with van der Waals surface area (Å²) in [6, 6.07) is 5.44. The summed E-state index contributed by atoms with van der Waals surface area (Å²) in [7, 11) is -0.937. The first-order chi connectivity index (χ1) is 16.0. The highest BCUT2D eigenvalue weighted by molar-refractivity contribution is 7.75. The second kappa shape index (κ2) is 8.89. The molecule has 10 heteroatoms. The molecule has 1 amide bonds. The molecule has 0 aliphatic heterocycles. The van der Waals surface area contributed by atoms with E-state index in [1.165, 1.54) is 15.9 Å². The first kappa shape index (κ1) is 24.0. The van der Waals surface area contributed by atoms with Gasteiger partial charge in [0.1, 0.15) is 24.1 Å². The number of carbonyl (C=O) groups is 1. The number of hydrogen-bond donors (Lipinski definition) is 2. The van der Waals surface area contributed by atoms with Gasteiger partial charge >= 0.3 is 0 Å². The number of carbonyl (C=O) groups excluding carboxylic acids is 1. The van der Waals surface area contributed by atoms with Crippen molar-refractivity contribution in [3.05, 3.63) is 57.8 Å². The molecule has 0 atom stereocenters. The molecule has 8 nitrogen and oxygen atoms in total. The molecule has 0 fully saturated rings. The number of aryl methyl sites for hydroxylation is 3. The minimum Gasteiger partial charge on any atom is -0.437 e. The number of nitrogens with zero attached hydrogens (tertiary/aromatic N) is 2. The number of H-pyrrole nitrogens is 1. The second-order valence-electron chi connectivity index (χ2n) is 8.66. The monoisotopic (exact) mass is 498 g/mol. The summed E-state index contributed by atoms with van der Waals surface area (Å²) in [5.41, 5.74) is 2.97. The van der Waals surface area contributed by atoms with E-state index in [-0.39, 0.29) is 11.5 Å². The molecular weight excluding hydrogens is 471 g/mol. The lowest BCUT2D eigenvalue weighted by atomic mass is 10.1. The maximum atomic E-state index is 13.0. The fourth-order valence-electron chi connectivity index (χ4n) is 3.70. The predicted molar refractivity (Wildman–Crippen MR) is 138 cm³/mol. The summed E-state index contributed by atoms with van der Waals surface area (Å²) < 4.78 is 21.4. The van der Waals surface area contributed by atoms with E-state index < -0.39 is 7.14 Å². The third-order valence-electron chi connectivity index (χ3n) is 5.38. The van der Waals surface area contributed by atoms with Crippen LogP contribution >= 0.6 is 18.5 Å². The van der Waals surface area contributed by atoms with Crippen molar-refractivity contribution in [3.63, 3.8) is 0 Å². The van der Waals surface area contributed by atoms with Crippen molar-refractivity contribution in [2.45, 2.75) is 20.8 Å². The number of thiophene rings is 1. The van der Waals surface area contributed by atoms with Gasteiger partial charge in [0.15, 0.2) is 0 Å².